The standard InChI is InChI=1S/C11H11Cl2NO4/c1-2-18-11(17)9(15)10(16)14-8-4-6(12)3-7(13)5-8/h3-5,9,15H,2H2,1H3,(H,14,16). The summed E-state index contributed by atoms with van der Waals surface area (Å²) in [5, 5.41) is 12.3. The zero-order valence-electron chi connectivity index (χ0n) is 9.44. The van der Waals surface area contributed by atoms with Gasteiger partial charge >= 0.3 is 5.97 Å². The Morgan fingerprint density at radius 2 is 1.89 bits per heavy atom. The molecule has 0 bridgehead atoms. The Kier molecular flexibility index (Phi) is 5.40. The van der Waals surface area contributed by atoms with Gasteiger partial charge in [-0.05, 0) is 25.1 Å². The number of esters is 1. The summed E-state index contributed by atoms with van der Waals surface area (Å²) in [6.45, 7) is 1.64. The van der Waals surface area contributed by atoms with E-state index in [1.165, 1.54) is 18.2 Å². The molecular formula is C11H11Cl2NO4. The Bertz CT molecular complexity index is 444. The van der Waals surface area contributed by atoms with Crippen molar-refractivity contribution in [2.75, 3.05) is 11.9 Å². The molecule has 98 valence electrons. The second-order valence-corrected chi connectivity index (χ2v) is 4.17. The molecule has 0 radical (unpaired) electrons. The molecule has 1 atom stereocenters. The lowest BCUT2D eigenvalue weighted by Crippen LogP contribution is -2.36. The van der Waals surface area contributed by atoms with Crippen LogP contribution in [0.15, 0.2) is 18.2 Å². The topological polar surface area (TPSA) is 75.6 Å². The predicted molar refractivity (Wildman–Crippen MR) is 67.7 cm³/mol. The van der Waals surface area contributed by atoms with Gasteiger partial charge < -0.3 is 15.2 Å². The van der Waals surface area contributed by atoms with Crippen LogP contribution in [0.4, 0.5) is 5.69 Å². The molecule has 1 aromatic rings. The van der Waals surface area contributed by atoms with E-state index in [4.69, 9.17) is 23.2 Å². The number of hydrogen-bond donors (Lipinski definition) is 2. The van der Waals surface area contributed by atoms with Crippen molar-refractivity contribution < 1.29 is 19.4 Å². The number of aliphatic hydroxyl groups excluding tert-OH is 1. The van der Waals surface area contributed by atoms with Gasteiger partial charge in [0.25, 0.3) is 5.91 Å². The van der Waals surface area contributed by atoms with Crippen LogP contribution in [0.5, 0.6) is 0 Å². The molecule has 0 aliphatic rings. The average Bonchev–Trinajstić information content (AvgIpc) is 2.26. The van der Waals surface area contributed by atoms with E-state index in [1.807, 2.05) is 0 Å². The number of hydrogen-bond acceptors (Lipinski definition) is 4. The van der Waals surface area contributed by atoms with Gasteiger partial charge in [0.2, 0.25) is 6.10 Å². The van der Waals surface area contributed by atoms with Gasteiger partial charge in [-0.15, -0.1) is 0 Å². The van der Waals surface area contributed by atoms with Crippen molar-refractivity contribution in [1.29, 1.82) is 0 Å². The summed E-state index contributed by atoms with van der Waals surface area (Å²) in [7, 11) is 0. The SMILES string of the molecule is CCOC(=O)C(O)C(=O)Nc1cc(Cl)cc(Cl)c1. The first-order valence-corrected chi connectivity index (χ1v) is 5.81. The molecule has 2 N–H and O–H groups in total. The molecule has 1 rings (SSSR count). The maximum atomic E-state index is 11.5. The molecule has 0 spiro atoms. The minimum Gasteiger partial charge on any atom is -0.464 e. The highest BCUT2D eigenvalue weighted by Crippen LogP contribution is 2.22. The van der Waals surface area contributed by atoms with E-state index in [9.17, 15) is 14.7 Å². The van der Waals surface area contributed by atoms with E-state index >= 15 is 0 Å². The minimum absolute atomic E-state index is 0.0756. The summed E-state index contributed by atoms with van der Waals surface area (Å²) in [5.74, 6) is -1.92. The summed E-state index contributed by atoms with van der Waals surface area (Å²) in [5.41, 5.74) is 0.279. The quantitative estimate of drug-likeness (QED) is 0.656. The molecule has 7 heteroatoms. The van der Waals surface area contributed by atoms with Crippen molar-refractivity contribution in [2.24, 2.45) is 0 Å². The van der Waals surface area contributed by atoms with Crippen LogP contribution in [0.3, 0.4) is 0 Å². The van der Waals surface area contributed by atoms with Gasteiger partial charge in [-0.25, -0.2) is 4.79 Å². The van der Waals surface area contributed by atoms with Gasteiger partial charge in [0.15, 0.2) is 0 Å². The van der Waals surface area contributed by atoms with Crippen LogP contribution in [-0.4, -0.2) is 29.7 Å². The highest BCUT2D eigenvalue weighted by Gasteiger charge is 2.25. The molecule has 18 heavy (non-hydrogen) atoms. The first-order chi connectivity index (χ1) is 8.43. The zero-order valence-corrected chi connectivity index (χ0v) is 11.0. The third-order valence-electron chi connectivity index (χ3n) is 1.89. The highest BCUT2D eigenvalue weighted by molar-refractivity contribution is 6.35. The van der Waals surface area contributed by atoms with Crippen LogP contribution < -0.4 is 5.32 Å². The van der Waals surface area contributed by atoms with Crippen molar-refractivity contribution in [3.63, 3.8) is 0 Å². The van der Waals surface area contributed by atoms with Crippen LogP contribution >= 0.6 is 23.2 Å². The fourth-order valence-corrected chi connectivity index (χ4v) is 1.69. The van der Waals surface area contributed by atoms with Gasteiger partial charge in [0, 0.05) is 15.7 Å². The molecule has 1 amide bonds. The van der Waals surface area contributed by atoms with Gasteiger partial charge in [0.1, 0.15) is 0 Å². The molecule has 5 nitrogen and oxygen atoms in total. The second-order valence-electron chi connectivity index (χ2n) is 3.30. The summed E-state index contributed by atoms with van der Waals surface area (Å²) in [4.78, 5) is 22.6. The first kappa shape index (κ1) is 14.8. The maximum Gasteiger partial charge on any atom is 0.344 e. The number of carbonyl (C=O) groups excluding carboxylic acids is 2. The number of rotatable bonds is 4. The molecule has 1 aromatic carbocycles. The Hall–Kier alpha value is -1.30. The van der Waals surface area contributed by atoms with Gasteiger partial charge in [-0.1, -0.05) is 23.2 Å². The van der Waals surface area contributed by atoms with Crippen molar-refractivity contribution in [1.82, 2.24) is 0 Å². The number of halogens is 2. The van der Waals surface area contributed by atoms with E-state index in [-0.39, 0.29) is 12.3 Å². The molecule has 0 saturated heterocycles. The van der Waals surface area contributed by atoms with Gasteiger partial charge in [-0.2, -0.15) is 0 Å². The van der Waals surface area contributed by atoms with Gasteiger partial charge in [-0.3, -0.25) is 4.79 Å². The van der Waals surface area contributed by atoms with Crippen LogP contribution in [0.1, 0.15) is 6.92 Å². The van der Waals surface area contributed by atoms with Crippen molar-refractivity contribution in [2.45, 2.75) is 13.0 Å². The Morgan fingerprint density at radius 3 is 2.39 bits per heavy atom. The number of aliphatic hydroxyl groups is 1. The fourth-order valence-electron chi connectivity index (χ4n) is 1.16. The van der Waals surface area contributed by atoms with Crippen LogP contribution in [-0.2, 0) is 14.3 Å². The smallest absolute Gasteiger partial charge is 0.344 e. The molecule has 0 saturated carbocycles. The minimum atomic E-state index is -1.89. The number of amides is 1. The van der Waals surface area contributed by atoms with Crippen LogP contribution in [0, 0.1) is 0 Å². The molecular weight excluding hydrogens is 281 g/mol. The zero-order chi connectivity index (χ0) is 13.7. The average molecular weight is 292 g/mol. The van der Waals surface area contributed by atoms with Crippen molar-refractivity contribution >= 4 is 40.8 Å². The number of anilines is 1. The molecule has 0 aliphatic carbocycles. The molecule has 0 aliphatic heterocycles. The highest BCUT2D eigenvalue weighted by atomic mass is 35.5. The Morgan fingerprint density at radius 1 is 1.33 bits per heavy atom. The molecule has 0 aromatic heterocycles. The monoisotopic (exact) mass is 291 g/mol. The Balaban J connectivity index is 2.72. The third kappa shape index (κ3) is 4.18. The Labute approximate surface area is 114 Å². The number of benzene rings is 1. The van der Waals surface area contributed by atoms with Crippen LogP contribution in [0.2, 0.25) is 10.0 Å². The van der Waals surface area contributed by atoms with E-state index < -0.39 is 18.0 Å². The maximum absolute atomic E-state index is 11.5. The van der Waals surface area contributed by atoms with Crippen molar-refractivity contribution in [3.05, 3.63) is 28.2 Å². The fraction of sp³-hybridized carbons (Fsp3) is 0.273. The van der Waals surface area contributed by atoms with E-state index in [1.54, 1.807) is 6.92 Å². The van der Waals surface area contributed by atoms with E-state index in [2.05, 4.69) is 10.1 Å². The lowest BCUT2D eigenvalue weighted by atomic mass is 10.3. The number of carbonyl (C=O) groups is 2. The van der Waals surface area contributed by atoms with E-state index in [0.29, 0.717) is 10.0 Å². The molecule has 0 heterocycles. The number of ether oxygens (including phenoxy) is 1. The van der Waals surface area contributed by atoms with E-state index in [0.717, 1.165) is 0 Å². The third-order valence-corrected chi connectivity index (χ3v) is 2.32. The second kappa shape index (κ2) is 6.58. The summed E-state index contributed by atoms with van der Waals surface area (Å²) >= 11 is 11.5. The number of nitrogens with one attached hydrogen (secondary N) is 1. The normalized spacial score (nSPS) is 11.8. The van der Waals surface area contributed by atoms with Crippen LogP contribution in [0.25, 0.3) is 0 Å². The summed E-state index contributed by atoms with van der Waals surface area (Å²) in [6, 6.07) is 4.35. The lowest BCUT2D eigenvalue weighted by molar-refractivity contribution is -0.156. The van der Waals surface area contributed by atoms with Gasteiger partial charge in [0.05, 0.1) is 6.61 Å². The largest absolute Gasteiger partial charge is 0.464 e. The first-order valence-electron chi connectivity index (χ1n) is 5.05. The summed E-state index contributed by atoms with van der Waals surface area (Å²) < 4.78 is 4.51. The lowest BCUT2D eigenvalue weighted by Gasteiger charge is -2.10. The predicted octanol–water partition coefficient (Wildman–Crippen LogP) is 1.86. The summed E-state index contributed by atoms with van der Waals surface area (Å²) in [6.07, 6.45) is -1.89. The molecule has 1 unspecified atom stereocenters. The van der Waals surface area contributed by atoms with Crippen molar-refractivity contribution in [3.8, 4) is 0 Å². The molecule has 0 fully saturated rings.